The summed E-state index contributed by atoms with van der Waals surface area (Å²) in [7, 11) is 1.42. The number of hydrogen-bond acceptors (Lipinski definition) is 7. The van der Waals surface area contributed by atoms with Crippen molar-refractivity contribution in [3.8, 4) is 5.75 Å². The molecule has 1 N–H and O–H groups in total. The first kappa shape index (κ1) is 17.8. The predicted molar refractivity (Wildman–Crippen MR) is 102 cm³/mol. The Morgan fingerprint density at radius 3 is 2.92 bits per heavy atom. The largest absolute Gasteiger partial charge is 0.494 e. The number of carbonyl (C=O) groups is 1. The molecule has 3 aromatic rings. The van der Waals surface area contributed by atoms with Crippen LogP contribution in [0.4, 0.5) is 10.3 Å². The van der Waals surface area contributed by atoms with Crippen molar-refractivity contribution in [1.82, 2.24) is 10.2 Å². The second kappa shape index (κ2) is 7.92. The van der Waals surface area contributed by atoms with Crippen molar-refractivity contribution in [2.75, 3.05) is 12.4 Å². The molecule has 0 aliphatic carbocycles. The van der Waals surface area contributed by atoms with E-state index in [1.54, 1.807) is 17.6 Å². The highest BCUT2D eigenvalue weighted by Gasteiger charge is 2.18. The van der Waals surface area contributed by atoms with E-state index >= 15 is 0 Å². The van der Waals surface area contributed by atoms with E-state index < -0.39 is 5.91 Å². The van der Waals surface area contributed by atoms with Gasteiger partial charge in [0.15, 0.2) is 0 Å². The molecule has 2 heterocycles. The Morgan fingerprint density at radius 1 is 1.36 bits per heavy atom. The van der Waals surface area contributed by atoms with Gasteiger partial charge in [0.25, 0.3) is 5.91 Å². The molecule has 0 aliphatic rings. The number of nitrogens with one attached hydrogen (secondary N) is 1. The highest BCUT2D eigenvalue weighted by Crippen LogP contribution is 2.33. The number of ether oxygens (including phenoxy) is 1. The Kier molecular flexibility index (Phi) is 5.64. The van der Waals surface area contributed by atoms with Gasteiger partial charge >= 0.3 is 0 Å². The molecule has 2 aromatic heterocycles. The molecule has 0 atom stereocenters. The molecule has 0 fully saturated rings. The summed E-state index contributed by atoms with van der Waals surface area (Å²) in [5.41, 5.74) is 0.207. The molecule has 1 aromatic carbocycles. The molecule has 0 saturated heterocycles. The summed E-state index contributed by atoms with van der Waals surface area (Å²) in [5, 5.41) is 13.7. The molecule has 3 rings (SSSR count). The van der Waals surface area contributed by atoms with Gasteiger partial charge in [0.05, 0.1) is 17.7 Å². The smallest absolute Gasteiger partial charge is 0.261 e. The molecule has 0 bridgehead atoms. The van der Waals surface area contributed by atoms with Crippen LogP contribution in [0.5, 0.6) is 5.75 Å². The van der Waals surface area contributed by atoms with Crippen molar-refractivity contribution in [2.24, 2.45) is 4.99 Å². The molecule has 10 heteroatoms. The van der Waals surface area contributed by atoms with E-state index in [1.165, 1.54) is 19.2 Å². The second-order valence-corrected chi connectivity index (χ2v) is 7.36. The number of carbonyl (C=O) groups excluding carboxylic acids is 1. The highest BCUT2D eigenvalue weighted by atomic mass is 35.5. The lowest BCUT2D eigenvalue weighted by Crippen LogP contribution is -2.13. The third-order valence-corrected chi connectivity index (χ3v) is 4.99. The van der Waals surface area contributed by atoms with Gasteiger partial charge in [0.2, 0.25) is 10.3 Å². The molecule has 0 saturated carbocycles. The molecule has 0 unspecified atom stereocenters. The highest BCUT2D eigenvalue weighted by molar-refractivity contribution is 7.19. The van der Waals surface area contributed by atoms with Crippen LogP contribution in [0.3, 0.4) is 0 Å². The van der Waals surface area contributed by atoms with Crippen LogP contribution in [0, 0.1) is 0 Å². The number of nitrogens with zero attached hydrogens (tertiary/aromatic N) is 3. The van der Waals surface area contributed by atoms with Crippen LogP contribution in [-0.4, -0.2) is 29.4 Å². The number of methoxy groups -OCH3 is 1. The predicted octanol–water partition coefficient (Wildman–Crippen LogP) is 4.92. The number of anilines is 1. The number of hydrogen-bond donors (Lipinski definition) is 1. The summed E-state index contributed by atoms with van der Waals surface area (Å²) in [6.07, 6.45) is 1.69. The minimum absolute atomic E-state index is 0.207. The van der Waals surface area contributed by atoms with Gasteiger partial charge in [-0.1, -0.05) is 40.6 Å². The molecule has 0 radical (unpaired) electrons. The number of aromatic nitrogens is 2. The summed E-state index contributed by atoms with van der Waals surface area (Å²) in [5.74, 6) is -0.213. The van der Waals surface area contributed by atoms with E-state index in [0.717, 1.165) is 16.2 Å². The van der Waals surface area contributed by atoms with Crippen molar-refractivity contribution >= 4 is 68.3 Å². The topological polar surface area (TPSA) is 76.5 Å². The number of halogens is 2. The van der Waals surface area contributed by atoms with Crippen LogP contribution in [-0.2, 0) is 0 Å². The standard InChI is InChI=1S/C15H10Cl2N4O2S2/c1-23-12-10(5-8(16)6-11(12)17)13(22)19-15-21-20-14(25-15)18-7-9-3-2-4-24-9/h2-7H,1H3,(H,19,21,22)/b18-7+. The van der Waals surface area contributed by atoms with E-state index in [2.05, 4.69) is 20.5 Å². The van der Waals surface area contributed by atoms with Gasteiger partial charge in [-0.3, -0.25) is 10.1 Å². The van der Waals surface area contributed by atoms with Crippen LogP contribution in [0.25, 0.3) is 0 Å². The zero-order valence-electron chi connectivity index (χ0n) is 12.7. The molecule has 128 valence electrons. The normalized spacial score (nSPS) is 11.0. The summed E-state index contributed by atoms with van der Waals surface area (Å²) in [6, 6.07) is 6.84. The van der Waals surface area contributed by atoms with Crippen LogP contribution < -0.4 is 10.1 Å². The van der Waals surface area contributed by atoms with Crippen molar-refractivity contribution in [3.63, 3.8) is 0 Å². The van der Waals surface area contributed by atoms with Crippen LogP contribution in [0.15, 0.2) is 34.6 Å². The van der Waals surface area contributed by atoms with Gasteiger partial charge in [-0.25, -0.2) is 4.99 Å². The maximum atomic E-state index is 12.4. The maximum absolute atomic E-state index is 12.4. The summed E-state index contributed by atoms with van der Waals surface area (Å²) >= 11 is 14.7. The Morgan fingerprint density at radius 2 is 2.20 bits per heavy atom. The fourth-order valence-electron chi connectivity index (χ4n) is 1.90. The van der Waals surface area contributed by atoms with E-state index in [4.69, 9.17) is 27.9 Å². The summed E-state index contributed by atoms with van der Waals surface area (Å²) in [4.78, 5) is 17.7. The first-order valence-corrected chi connectivity index (χ1v) is 9.27. The van der Waals surface area contributed by atoms with Crippen LogP contribution >= 0.6 is 45.9 Å². The molecule has 25 heavy (non-hydrogen) atoms. The Hall–Kier alpha value is -2.00. The fourth-order valence-corrected chi connectivity index (χ4v) is 3.64. The number of rotatable bonds is 5. The number of aliphatic imine (C=N–C) groups is 1. The van der Waals surface area contributed by atoms with Crippen molar-refractivity contribution < 1.29 is 9.53 Å². The quantitative estimate of drug-likeness (QED) is 0.603. The van der Waals surface area contributed by atoms with E-state index in [-0.39, 0.29) is 16.3 Å². The molecule has 1 amide bonds. The molecular formula is C15H10Cl2N4O2S2. The lowest BCUT2D eigenvalue weighted by Gasteiger charge is -2.10. The third kappa shape index (κ3) is 4.35. The van der Waals surface area contributed by atoms with Crippen LogP contribution in [0.1, 0.15) is 15.2 Å². The minimum atomic E-state index is -0.453. The minimum Gasteiger partial charge on any atom is -0.494 e. The van der Waals surface area contributed by atoms with E-state index in [1.807, 2.05) is 17.5 Å². The molecular weight excluding hydrogens is 403 g/mol. The monoisotopic (exact) mass is 412 g/mol. The zero-order chi connectivity index (χ0) is 17.8. The lowest BCUT2D eigenvalue weighted by atomic mass is 10.2. The SMILES string of the molecule is COc1c(Cl)cc(Cl)cc1C(=O)Nc1nnc(/N=C/c2cccs2)s1. The fraction of sp³-hybridized carbons (Fsp3) is 0.0667. The molecule has 0 spiro atoms. The molecule has 0 aliphatic heterocycles. The lowest BCUT2D eigenvalue weighted by molar-refractivity contribution is 0.102. The van der Waals surface area contributed by atoms with Gasteiger partial charge in [-0.2, -0.15) is 0 Å². The van der Waals surface area contributed by atoms with Gasteiger partial charge in [0.1, 0.15) is 5.75 Å². The zero-order valence-corrected chi connectivity index (χ0v) is 15.8. The van der Waals surface area contributed by atoms with Gasteiger partial charge < -0.3 is 4.74 Å². The Balaban J connectivity index is 1.76. The van der Waals surface area contributed by atoms with Crippen LogP contribution in [0.2, 0.25) is 10.0 Å². The Bertz CT molecular complexity index is 926. The van der Waals surface area contributed by atoms with Gasteiger partial charge in [0, 0.05) is 16.1 Å². The number of thiophene rings is 1. The van der Waals surface area contributed by atoms with E-state index in [9.17, 15) is 4.79 Å². The van der Waals surface area contributed by atoms with Gasteiger partial charge in [-0.05, 0) is 23.6 Å². The van der Waals surface area contributed by atoms with E-state index in [0.29, 0.717) is 15.3 Å². The summed E-state index contributed by atoms with van der Waals surface area (Å²) < 4.78 is 5.17. The third-order valence-electron chi connectivity index (χ3n) is 2.94. The first-order valence-electron chi connectivity index (χ1n) is 6.82. The molecule has 6 nitrogen and oxygen atoms in total. The first-order chi connectivity index (χ1) is 12.1. The Labute approximate surface area is 161 Å². The van der Waals surface area contributed by atoms with Gasteiger partial charge in [-0.15, -0.1) is 21.5 Å². The average molecular weight is 413 g/mol. The number of amides is 1. The second-order valence-electron chi connectivity index (χ2n) is 4.59. The average Bonchev–Trinajstić information content (AvgIpc) is 3.23. The maximum Gasteiger partial charge on any atom is 0.261 e. The van der Waals surface area contributed by atoms with Crippen molar-refractivity contribution in [2.45, 2.75) is 0 Å². The van der Waals surface area contributed by atoms with Crippen molar-refractivity contribution in [1.29, 1.82) is 0 Å². The number of benzene rings is 1. The van der Waals surface area contributed by atoms with Crippen molar-refractivity contribution in [3.05, 3.63) is 50.1 Å². The summed E-state index contributed by atoms with van der Waals surface area (Å²) in [6.45, 7) is 0.